The average molecular weight is 356 g/mol. The van der Waals surface area contributed by atoms with Gasteiger partial charge in [0.25, 0.3) is 0 Å². The van der Waals surface area contributed by atoms with Crippen LogP contribution in [0.25, 0.3) is 54.5 Å². The van der Waals surface area contributed by atoms with Crippen LogP contribution in [-0.4, -0.2) is 9.97 Å². The van der Waals surface area contributed by atoms with E-state index in [0.29, 0.717) is 0 Å². The van der Waals surface area contributed by atoms with Gasteiger partial charge in [0.2, 0.25) is 0 Å². The molecule has 0 atom stereocenters. The molecule has 2 aromatic heterocycles. The SMILES string of the molecule is c1ccc2c(c1)cnc1cccc(-c3cccc4ncc5ccccc5c34)c12. The van der Waals surface area contributed by atoms with Crippen LogP contribution in [0.15, 0.2) is 97.3 Å². The standard InChI is InChI=1S/C26H16N2/c1-3-9-19-17(7-1)15-27-23-13-5-11-21(25(19)23)22-12-6-14-24-26(22)20-10-4-2-8-18(20)16-28-24/h1-16H. The predicted molar refractivity (Wildman–Crippen MR) is 117 cm³/mol. The van der Waals surface area contributed by atoms with Gasteiger partial charge in [-0.15, -0.1) is 0 Å². The van der Waals surface area contributed by atoms with Crippen molar-refractivity contribution in [2.24, 2.45) is 0 Å². The molecule has 0 saturated heterocycles. The summed E-state index contributed by atoms with van der Waals surface area (Å²) >= 11 is 0. The van der Waals surface area contributed by atoms with Crippen molar-refractivity contribution in [3.05, 3.63) is 97.3 Å². The fraction of sp³-hybridized carbons (Fsp3) is 0. The predicted octanol–water partition coefficient (Wildman–Crippen LogP) is 6.76. The first-order chi connectivity index (χ1) is 13.9. The molecule has 6 rings (SSSR count). The van der Waals surface area contributed by atoms with Gasteiger partial charge in [-0.1, -0.05) is 72.8 Å². The highest BCUT2D eigenvalue weighted by Crippen LogP contribution is 2.38. The van der Waals surface area contributed by atoms with Crippen molar-refractivity contribution in [2.45, 2.75) is 0 Å². The van der Waals surface area contributed by atoms with E-state index in [1.165, 1.54) is 32.7 Å². The molecule has 6 aromatic rings. The maximum atomic E-state index is 4.72. The van der Waals surface area contributed by atoms with Gasteiger partial charge in [0.05, 0.1) is 11.0 Å². The maximum Gasteiger partial charge on any atom is 0.0714 e. The summed E-state index contributed by atoms with van der Waals surface area (Å²) < 4.78 is 0. The van der Waals surface area contributed by atoms with Crippen LogP contribution in [0.1, 0.15) is 0 Å². The minimum absolute atomic E-state index is 1.02. The molecule has 0 saturated carbocycles. The highest BCUT2D eigenvalue weighted by Gasteiger charge is 2.13. The molecular weight excluding hydrogens is 340 g/mol. The van der Waals surface area contributed by atoms with E-state index in [0.717, 1.165) is 21.8 Å². The molecule has 0 unspecified atom stereocenters. The maximum absolute atomic E-state index is 4.72. The lowest BCUT2D eigenvalue weighted by Gasteiger charge is -2.13. The highest BCUT2D eigenvalue weighted by molar-refractivity contribution is 6.19. The summed E-state index contributed by atoms with van der Waals surface area (Å²) in [5.41, 5.74) is 4.43. The molecule has 4 aromatic carbocycles. The number of aromatic nitrogens is 2. The quantitative estimate of drug-likeness (QED) is 0.304. The molecule has 2 nitrogen and oxygen atoms in total. The van der Waals surface area contributed by atoms with Gasteiger partial charge in [0, 0.05) is 33.9 Å². The van der Waals surface area contributed by atoms with Crippen LogP contribution in [0.5, 0.6) is 0 Å². The van der Waals surface area contributed by atoms with Crippen LogP contribution < -0.4 is 0 Å². The van der Waals surface area contributed by atoms with Crippen molar-refractivity contribution in [2.75, 3.05) is 0 Å². The minimum Gasteiger partial charge on any atom is -0.256 e. The summed E-state index contributed by atoms with van der Waals surface area (Å²) in [5, 5.41) is 7.17. The lowest BCUT2D eigenvalue weighted by molar-refractivity contribution is 1.44. The van der Waals surface area contributed by atoms with Gasteiger partial charge in [0.1, 0.15) is 0 Å². The lowest BCUT2D eigenvalue weighted by atomic mass is 9.92. The van der Waals surface area contributed by atoms with Crippen molar-refractivity contribution in [1.29, 1.82) is 0 Å². The average Bonchev–Trinajstić information content (AvgIpc) is 2.78. The van der Waals surface area contributed by atoms with E-state index < -0.39 is 0 Å². The minimum atomic E-state index is 1.02. The molecule has 130 valence electrons. The van der Waals surface area contributed by atoms with E-state index >= 15 is 0 Å². The Morgan fingerprint density at radius 1 is 0.429 bits per heavy atom. The van der Waals surface area contributed by atoms with Crippen LogP contribution >= 0.6 is 0 Å². The highest BCUT2D eigenvalue weighted by atomic mass is 14.7. The zero-order valence-corrected chi connectivity index (χ0v) is 15.1. The molecule has 2 heterocycles. The van der Waals surface area contributed by atoms with Crippen LogP contribution in [0.4, 0.5) is 0 Å². The topological polar surface area (TPSA) is 25.8 Å². The summed E-state index contributed by atoms with van der Waals surface area (Å²) in [4.78, 5) is 9.44. The smallest absolute Gasteiger partial charge is 0.0714 e. The fourth-order valence-corrected chi connectivity index (χ4v) is 4.26. The third-order valence-electron chi connectivity index (χ3n) is 5.52. The Hall–Kier alpha value is -3.78. The molecule has 0 amide bonds. The van der Waals surface area contributed by atoms with Gasteiger partial charge >= 0.3 is 0 Å². The molecular formula is C26H16N2. The second-order valence-corrected chi connectivity index (χ2v) is 7.09. The number of rotatable bonds is 1. The van der Waals surface area contributed by atoms with E-state index in [2.05, 4.69) is 84.9 Å². The molecule has 28 heavy (non-hydrogen) atoms. The van der Waals surface area contributed by atoms with Crippen molar-refractivity contribution in [3.8, 4) is 11.1 Å². The summed E-state index contributed by atoms with van der Waals surface area (Å²) in [5.74, 6) is 0. The number of hydrogen-bond acceptors (Lipinski definition) is 2. The molecule has 0 aliphatic carbocycles. The van der Waals surface area contributed by atoms with Crippen LogP contribution in [0.3, 0.4) is 0 Å². The first kappa shape index (κ1) is 15.3. The van der Waals surface area contributed by atoms with Crippen molar-refractivity contribution in [3.63, 3.8) is 0 Å². The molecule has 0 aliphatic heterocycles. The van der Waals surface area contributed by atoms with E-state index in [1.54, 1.807) is 0 Å². The number of benzene rings is 4. The number of pyridine rings is 2. The Balaban J connectivity index is 1.84. The van der Waals surface area contributed by atoms with Gasteiger partial charge in [-0.05, 0) is 34.0 Å². The van der Waals surface area contributed by atoms with E-state index in [9.17, 15) is 0 Å². The van der Waals surface area contributed by atoms with E-state index in [1.807, 2.05) is 12.4 Å². The molecule has 0 aliphatic rings. The second-order valence-electron chi connectivity index (χ2n) is 7.09. The summed E-state index contributed by atoms with van der Waals surface area (Å²) in [6.07, 6.45) is 3.92. The van der Waals surface area contributed by atoms with Crippen molar-refractivity contribution in [1.82, 2.24) is 9.97 Å². The molecule has 0 radical (unpaired) electrons. The van der Waals surface area contributed by atoms with Crippen molar-refractivity contribution < 1.29 is 0 Å². The summed E-state index contributed by atoms with van der Waals surface area (Å²) in [6, 6.07) is 29.7. The van der Waals surface area contributed by atoms with Gasteiger partial charge in [0.15, 0.2) is 0 Å². The summed E-state index contributed by atoms with van der Waals surface area (Å²) in [7, 11) is 0. The zero-order chi connectivity index (χ0) is 18.5. The van der Waals surface area contributed by atoms with Crippen LogP contribution in [0.2, 0.25) is 0 Å². The van der Waals surface area contributed by atoms with Gasteiger partial charge in [-0.2, -0.15) is 0 Å². The molecule has 0 N–H and O–H groups in total. The number of nitrogens with zero attached hydrogens (tertiary/aromatic N) is 2. The van der Waals surface area contributed by atoms with Crippen LogP contribution in [0, 0.1) is 0 Å². The Labute approximate surface area is 162 Å². The van der Waals surface area contributed by atoms with Gasteiger partial charge in [-0.25, -0.2) is 0 Å². The zero-order valence-electron chi connectivity index (χ0n) is 15.1. The molecule has 0 spiro atoms. The number of hydrogen-bond donors (Lipinski definition) is 0. The molecule has 0 fully saturated rings. The summed E-state index contributed by atoms with van der Waals surface area (Å²) in [6.45, 7) is 0. The van der Waals surface area contributed by atoms with Crippen LogP contribution in [-0.2, 0) is 0 Å². The molecule has 0 bridgehead atoms. The Morgan fingerprint density at radius 2 is 0.893 bits per heavy atom. The Kier molecular flexibility index (Phi) is 3.20. The Morgan fingerprint density at radius 3 is 1.39 bits per heavy atom. The van der Waals surface area contributed by atoms with Gasteiger partial charge in [-0.3, -0.25) is 9.97 Å². The fourth-order valence-electron chi connectivity index (χ4n) is 4.26. The first-order valence-corrected chi connectivity index (χ1v) is 9.43. The number of fused-ring (bicyclic) bond motifs is 6. The first-order valence-electron chi connectivity index (χ1n) is 9.43. The van der Waals surface area contributed by atoms with E-state index in [4.69, 9.17) is 9.97 Å². The van der Waals surface area contributed by atoms with E-state index in [-0.39, 0.29) is 0 Å². The third kappa shape index (κ3) is 2.15. The molecule has 2 heteroatoms. The lowest BCUT2D eigenvalue weighted by Crippen LogP contribution is -1.90. The largest absolute Gasteiger partial charge is 0.256 e. The Bertz CT molecular complexity index is 1400. The third-order valence-corrected chi connectivity index (χ3v) is 5.52. The second kappa shape index (κ2) is 5.86. The normalized spacial score (nSPS) is 11.6. The monoisotopic (exact) mass is 356 g/mol. The van der Waals surface area contributed by atoms with Gasteiger partial charge < -0.3 is 0 Å². The van der Waals surface area contributed by atoms with Crippen molar-refractivity contribution >= 4 is 43.4 Å².